The summed E-state index contributed by atoms with van der Waals surface area (Å²) in [4.78, 5) is 6.38. The lowest BCUT2D eigenvalue weighted by Gasteiger charge is -2.53. The van der Waals surface area contributed by atoms with Crippen molar-refractivity contribution in [2.45, 2.75) is 63.3 Å². The lowest BCUT2D eigenvalue weighted by molar-refractivity contribution is 0.0415. The number of fused-ring (bicyclic) bond motifs is 4. The van der Waals surface area contributed by atoms with Gasteiger partial charge in [0.1, 0.15) is 0 Å². The maximum Gasteiger partial charge on any atom is 0.0459 e. The van der Waals surface area contributed by atoms with E-state index in [9.17, 15) is 0 Å². The fourth-order valence-electron chi connectivity index (χ4n) is 6.69. The fraction of sp³-hybridized carbons (Fsp3) is 0.481. The molecule has 1 aromatic heterocycles. The van der Waals surface area contributed by atoms with E-state index in [0.29, 0.717) is 5.41 Å². The van der Waals surface area contributed by atoms with Crippen LogP contribution in [0.3, 0.4) is 0 Å². The number of aromatic nitrogens is 1. The van der Waals surface area contributed by atoms with Gasteiger partial charge in [-0.1, -0.05) is 62.4 Å². The largest absolute Gasteiger partial charge is 0.358 e. The van der Waals surface area contributed by atoms with E-state index in [0.717, 1.165) is 0 Å². The molecule has 0 saturated heterocycles. The zero-order valence-corrected chi connectivity index (χ0v) is 18.4. The van der Waals surface area contributed by atoms with Crippen LogP contribution < -0.4 is 0 Å². The normalized spacial score (nSPS) is 28.7. The molecule has 1 fully saturated rings. The molecule has 0 radical (unpaired) electrons. The molecule has 0 amide bonds. The van der Waals surface area contributed by atoms with Crippen LogP contribution in [0.5, 0.6) is 0 Å². The smallest absolute Gasteiger partial charge is 0.0459 e. The fourth-order valence-corrected chi connectivity index (χ4v) is 6.69. The molecule has 1 heterocycles. The summed E-state index contributed by atoms with van der Waals surface area (Å²) in [5.41, 5.74) is 6.73. The Labute approximate surface area is 175 Å². The number of nitrogens with one attached hydrogen (secondary N) is 1. The molecular formula is C27H34N2. The van der Waals surface area contributed by atoms with Crippen molar-refractivity contribution in [2.75, 3.05) is 14.1 Å². The van der Waals surface area contributed by atoms with E-state index in [1.54, 1.807) is 11.3 Å². The SMILES string of the molecule is CN(C)C1(c2ccccc2)CCC2(CC1)CC(C)(C)Cc1c2[nH]c2ccccc12. The number of hydrogen-bond donors (Lipinski definition) is 1. The summed E-state index contributed by atoms with van der Waals surface area (Å²) in [6, 6.07) is 20.1. The molecule has 1 N–H and O–H groups in total. The minimum atomic E-state index is 0.153. The Bertz CT molecular complexity index is 1020. The third-order valence-electron chi connectivity index (χ3n) is 8.02. The standard InChI is InChI=1S/C27H34N2/c1-25(2)18-22-21-12-8-9-13-23(21)28-24(22)26(19-25)14-16-27(17-15-26,29(3)4)20-10-6-5-7-11-20/h5-13,28H,14-19H2,1-4H3. The lowest BCUT2D eigenvalue weighted by Crippen LogP contribution is -2.50. The number of benzene rings is 2. The summed E-state index contributed by atoms with van der Waals surface area (Å²) >= 11 is 0. The Hall–Kier alpha value is -2.06. The Balaban J connectivity index is 1.58. The number of hydrogen-bond acceptors (Lipinski definition) is 1. The molecule has 0 unspecified atom stereocenters. The van der Waals surface area contributed by atoms with Gasteiger partial charge in [-0.25, -0.2) is 0 Å². The van der Waals surface area contributed by atoms with Gasteiger partial charge < -0.3 is 4.98 Å². The second-order valence-electron chi connectivity index (χ2n) is 10.6. The average Bonchev–Trinajstić information content (AvgIpc) is 3.08. The molecule has 5 rings (SSSR count). The van der Waals surface area contributed by atoms with Crippen molar-refractivity contribution in [1.29, 1.82) is 0 Å². The van der Waals surface area contributed by atoms with Crippen LogP contribution in [0.4, 0.5) is 0 Å². The third-order valence-corrected chi connectivity index (χ3v) is 8.02. The van der Waals surface area contributed by atoms with Gasteiger partial charge in [-0.3, -0.25) is 4.90 Å². The molecule has 3 aromatic rings. The molecule has 0 atom stereocenters. The van der Waals surface area contributed by atoms with Crippen molar-refractivity contribution < 1.29 is 0 Å². The Morgan fingerprint density at radius 2 is 1.48 bits per heavy atom. The number of aromatic amines is 1. The summed E-state index contributed by atoms with van der Waals surface area (Å²) in [7, 11) is 4.54. The van der Waals surface area contributed by atoms with Crippen molar-refractivity contribution in [3.63, 3.8) is 0 Å². The van der Waals surface area contributed by atoms with Crippen LogP contribution in [-0.4, -0.2) is 24.0 Å². The predicted molar refractivity (Wildman–Crippen MR) is 122 cm³/mol. The topological polar surface area (TPSA) is 19.0 Å². The molecule has 0 aliphatic heterocycles. The first-order valence-corrected chi connectivity index (χ1v) is 11.2. The van der Waals surface area contributed by atoms with Crippen LogP contribution in [0.25, 0.3) is 10.9 Å². The second kappa shape index (κ2) is 6.47. The van der Waals surface area contributed by atoms with E-state index in [4.69, 9.17) is 0 Å². The van der Waals surface area contributed by atoms with Gasteiger partial charge in [-0.2, -0.15) is 0 Å². The Kier molecular flexibility index (Phi) is 4.22. The van der Waals surface area contributed by atoms with E-state index in [-0.39, 0.29) is 11.0 Å². The van der Waals surface area contributed by atoms with Crippen LogP contribution in [-0.2, 0) is 17.4 Å². The van der Waals surface area contributed by atoms with Gasteiger partial charge in [0.05, 0.1) is 0 Å². The average molecular weight is 387 g/mol. The highest BCUT2D eigenvalue weighted by molar-refractivity contribution is 5.85. The molecule has 2 nitrogen and oxygen atoms in total. The van der Waals surface area contributed by atoms with E-state index >= 15 is 0 Å². The predicted octanol–water partition coefficient (Wildman–Crippen LogP) is 6.41. The molecule has 2 aliphatic rings. The van der Waals surface area contributed by atoms with Gasteiger partial charge in [-0.05, 0) is 75.2 Å². The summed E-state index contributed by atoms with van der Waals surface area (Å²) in [6.07, 6.45) is 7.42. The highest BCUT2D eigenvalue weighted by atomic mass is 15.1. The highest BCUT2D eigenvalue weighted by Crippen LogP contribution is 2.57. The quantitative estimate of drug-likeness (QED) is 0.539. The number of H-pyrrole nitrogens is 1. The van der Waals surface area contributed by atoms with Crippen molar-refractivity contribution in [1.82, 2.24) is 9.88 Å². The molecule has 1 spiro atoms. The molecule has 29 heavy (non-hydrogen) atoms. The number of rotatable bonds is 2. The summed E-state index contributed by atoms with van der Waals surface area (Å²) in [6.45, 7) is 4.95. The summed E-state index contributed by atoms with van der Waals surface area (Å²) < 4.78 is 0. The maximum absolute atomic E-state index is 3.90. The number of para-hydroxylation sites is 1. The van der Waals surface area contributed by atoms with Crippen LogP contribution in [0.15, 0.2) is 54.6 Å². The summed E-state index contributed by atoms with van der Waals surface area (Å²) in [5, 5.41) is 1.45. The minimum absolute atomic E-state index is 0.153. The van der Waals surface area contributed by atoms with Crippen molar-refractivity contribution in [2.24, 2.45) is 5.41 Å². The van der Waals surface area contributed by atoms with E-state index in [1.165, 1.54) is 55.0 Å². The first-order chi connectivity index (χ1) is 13.9. The van der Waals surface area contributed by atoms with E-state index in [1.807, 2.05) is 0 Å². The second-order valence-corrected chi connectivity index (χ2v) is 10.6. The van der Waals surface area contributed by atoms with E-state index < -0.39 is 0 Å². The molecule has 2 heteroatoms. The van der Waals surface area contributed by atoms with Gasteiger partial charge in [-0.15, -0.1) is 0 Å². The zero-order valence-electron chi connectivity index (χ0n) is 18.4. The van der Waals surface area contributed by atoms with Crippen molar-refractivity contribution in [3.05, 3.63) is 71.4 Å². The zero-order chi connectivity index (χ0) is 20.3. The molecular weight excluding hydrogens is 352 g/mol. The van der Waals surface area contributed by atoms with Gasteiger partial charge in [0.25, 0.3) is 0 Å². The van der Waals surface area contributed by atoms with Gasteiger partial charge in [0, 0.05) is 27.6 Å². The van der Waals surface area contributed by atoms with Gasteiger partial charge in [0.2, 0.25) is 0 Å². The number of nitrogens with zero attached hydrogens (tertiary/aromatic N) is 1. The van der Waals surface area contributed by atoms with Crippen LogP contribution in [0.2, 0.25) is 0 Å². The molecule has 1 saturated carbocycles. The Morgan fingerprint density at radius 3 is 2.17 bits per heavy atom. The van der Waals surface area contributed by atoms with Crippen molar-refractivity contribution in [3.8, 4) is 0 Å². The first-order valence-electron chi connectivity index (χ1n) is 11.2. The molecule has 2 aliphatic carbocycles. The molecule has 0 bridgehead atoms. The lowest BCUT2D eigenvalue weighted by atomic mass is 9.55. The highest BCUT2D eigenvalue weighted by Gasteiger charge is 2.51. The first kappa shape index (κ1) is 18.9. The van der Waals surface area contributed by atoms with Crippen LogP contribution in [0, 0.1) is 5.41 Å². The third kappa shape index (κ3) is 2.87. The van der Waals surface area contributed by atoms with Gasteiger partial charge >= 0.3 is 0 Å². The molecule has 2 aromatic carbocycles. The van der Waals surface area contributed by atoms with Crippen LogP contribution >= 0.6 is 0 Å². The monoisotopic (exact) mass is 386 g/mol. The van der Waals surface area contributed by atoms with Crippen molar-refractivity contribution >= 4 is 10.9 Å². The molecule has 152 valence electrons. The van der Waals surface area contributed by atoms with Crippen LogP contribution in [0.1, 0.15) is 62.8 Å². The van der Waals surface area contributed by atoms with E-state index in [2.05, 4.69) is 92.4 Å². The minimum Gasteiger partial charge on any atom is -0.358 e. The maximum atomic E-state index is 3.90. The summed E-state index contributed by atoms with van der Waals surface area (Å²) in [5.74, 6) is 0. The van der Waals surface area contributed by atoms with Gasteiger partial charge in [0.15, 0.2) is 0 Å². The Morgan fingerprint density at radius 1 is 0.828 bits per heavy atom.